The fourth-order valence-corrected chi connectivity index (χ4v) is 3.00. The Balaban J connectivity index is 1.70. The summed E-state index contributed by atoms with van der Waals surface area (Å²) < 4.78 is 0. The second kappa shape index (κ2) is 5.83. The summed E-state index contributed by atoms with van der Waals surface area (Å²) in [6, 6.07) is 1.71. The summed E-state index contributed by atoms with van der Waals surface area (Å²) in [4.78, 5) is 13.2. The smallest absolute Gasteiger partial charge is 0.222 e. The number of hydrogen-bond acceptors (Lipinski definition) is 3. The molecule has 0 aromatic carbocycles. The van der Waals surface area contributed by atoms with Gasteiger partial charge in [0, 0.05) is 38.1 Å². The van der Waals surface area contributed by atoms with Gasteiger partial charge in [-0.05, 0) is 39.2 Å². The Morgan fingerprint density at radius 1 is 1.53 bits per heavy atom. The van der Waals surface area contributed by atoms with E-state index in [2.05, 4.69) is 17.6 Å². The third kappa shape index (κ3) is 3.68. The third-order valence-corrected chi connectivity index (χ3v) is 3.95. The normalized spacial score (nSPS) is 31.9. The van der Waals surface area contributed by atoms with Gasteiger partial charge in [0.2, 0.25) is 5.91 Å². The Hall–Kier alpha value is -0.610. The van der Waals surface area contributed by atoms with E-state index in [9.17, 15) is 4.79 Å². The molecule has 2 saturated heterocycles. The van der Waals surface area contributed by atoms with Crippen molar-refractivity contribution in [1.29, 1.82) is 0 Å². The van der Waals surface area contributed by atoms with E-state index in [4.69, 9.17) is 0 Å². The van der Waals surface area contributed by atoms with Crippen LogP contribution < -0.4 is 10.6 Å². The maximum Gasteiger partial charge on any atom is 0.222 e. The predicted molar refractivity (Wildman–Crippen MR) is 68.9 cm³/mol. The zero-order valence-corrected chi connectivity index (χ0v) is 11.0. The van der Waals surface area contributed by atoms with Crippen molar-refractivity contribution in [3.8, 4) is 0 Å². The Kier molecular flexibility index (Phi) is 4.40. The number of piperidine rings is 1. The van der Waals surface area contributed by atoms with Crippen molar-refractivity contribution in [2.75, 3.05) is 20.1 Å². The van der Waals surface area contributed by atoms with Crippen molar-refractivity contribution < 1.29 is 4.79 Å². The molecule has 0 bridgehead atoms. The van der Waals surface area contributed by atoms with Crippen LogP contribution in [0, 0.1) is 0 Å². The lowest BCUT2D eigenvalue weighted by Gasteiger charge is -2.32. The van der Waals surface area contributed by atoms with Gasteiger partial charge in [0.1, 0.15) is 0 Å². The first-order valence-corrected chi connectivity index (χ1v) is 6.88. The highest BCUT2D eigenvalue weighted by Gasteiger charge is 2.25. The summed E-state index contributed by atoms with van der Waals surface area (Å²) in [5.41, 5.74) is 0. The number of amides is 1. The van der Waals surface area contributed by atoms with Crippen LogP contribution in [0.4, 0.5) is 0 Å². The molecule has 3 unspecified atom stereocenters. The van der Waals surface area contributed by atoms with Crippen LogP contribution in [-0.2, 0) is 4.79 Å². The van der Waals surface area contributed by atoms with Crippen LogP contribution >= 0.6 is 0 Å². The molecule has 2 fully saturated rings. The molecule has 0 radical (unpaired) electrons. The number of nitrogens with one attached hydrogen (secondary N) is 2. The second-order valence-corrected chi connectivity index (χ2v) is 5.61. The molecule has 0 aliphatic carbocycles. The van der Waals surface area contributed by atoms with Gasteiger partial charge in [-0.1, -0.05) is 0 Å². The molecule has 3 atom stereocenters. The number of hydrogen-bond donors (Lipinski definition) is 2. The van der Waals surface area contributed by atoms with Gasteiger partial charge in [-0.15, -0.1) is 0 Å². The maximum absolute atomic E-state index is 11.4. The van der Waals surface area contributed by atoms with Crippen LogP contribution in [-0.4, -0.2) is 49.1 Å². The zero-order valence-electron chi connectivity index (χ0n) is 11.0. The van der Waals surface area contributed by atoms with E-state index >= 15 is 0 Å². The van der Waals surface area contributed by atoms with Crippen LogP contribution in [0.15, 0.2) is 0 Å². The lowest BCUT2D eigenvalue weighted by Crippen LogP contribution is -2.50. The number of rotatable bonds is 4. The van der Waals surface area contributed by atoms with E-state index in [1.54, 1.807) is 0 Å². The second-order valence-electron chi connectivity index (χ2n) is 5.61. The number of likely N-dealkylation sites (N-methyl/N-ethyl adjacent to an activating group) is 1. The van der Waals surface area contributed by atoms with E-state index in [1.807, 2.05) is 11.9 Å². The van der Waals surface area contributed by atoms with Crippen molar-refractivity contribution >= 4 is 5.91 Å². The molecule has 0 aromatic rings. The molecule has 2 aliphatic heterocycles. The molecule has 0 spiro atoms. The molecule has 17 heavy (non-hydrogen) atoms. The molecule has 2 N–H and O–H groups in total. The van der Waals surface area contributed by atoms with Gasteiger partial charge in [-0.2, -0.15) is 0 Å². The minimum atomic E-state index is 0.285. The standard InChI is InChI=1S/C13H25N3O/c1-10(8-11-4-3-7-14-11)15-12-5-6-13(17)16(2)9-12/h10-12,14-15H,3-9H2,1-2H3. The minimum Gasteiger partial charge on any atom is -0.344 e. The lowest BCUT2D eigenvalue weighted by atomic mass is 10.0. The van der Waals surface area contributed by atoms with Crippen molar-refractivity contribution in [2.24, 2.45) is 0 Å². The van der Waals surface area contributed by atoms with Crippen LogP contribution in [0.2, 0.25) is 0 Å². The summed E-state index contributed by atoms with van der Waals surface area (Å²) in [5, 5.41) is 7.20. The highest BCUT2D eigenvalue weighted by Crippen LogP contribution is 2.14. The number of nitrogens with zero attached hydrogens (tertiary/aromatic N) is 1. The molecule has 2 rings (SSSR count). The van der Waals surface area contributed by atoms with Gasteiger partial charge in [0.25, 0.3) is 0 Å². The molecule has 98 valence electrons. The van der Waals surface area contributed by atoms with Crippen LogP contribution in [0.1, 0.15) is 39.0 Å². The average molecular weight is 239 g/mol. The van der Waals surface area contributed by atoms with Gasteiger partial charge in [0.05, 0.1) is 0 Å². The molecule has 2 heterocycles. The number of carbonyl (C=O) groups excluding carboxylic acids is 1. The Morgan fingerprint density at radius 3 is 3.00 bits per heavy atom. The fourth-order valence-electron chi connectivity index (χ4n) is 3.00. The Labute approximate surface area is 104 Å². The summed E-state index contributed by atoms with van der Waals surface area (Å²) >= 11 is 0. The molecule has 4 nitrogen and oxygen atoms in total. The topological polar surface area (TPSA) is 44.4 Å². The van der Waals surface area contributed by atoms with Crippen molar-refractivity contribution in [2.45, 2.75) is 57.2 Å². The van der Waals surface area contributed by atoms with Gasteiger partial charge >= 0.3 is 0 Å². The van der Waals surface area contributed by atoms with Gasteiger partial charge in [0.15, 0.2) is 0 Å². The van der Waals surface area contributed by atoms with Crippen molar-refractivity contribution in [3.05, 3.63) is 0 Å². The largest absolute Gasteiger partial charge is 0.344 e. The monoisotopic (exact) mass is 239 g/mol. The van der Waals surface area contributed by atoms with Crippen LogP contribution in [0.3, 0.4) is 0 Å². The maximum atomic E-state index is 11.4. The first kappa shape index (κ1) is 12.8. The van der Waals surface area contributed by atoms with E-state index in [0.717, 1.165) is 13.0 Å². The van der Waals surface area contributed by atoms with Crippen molar-refractivity contribution in [1.82, 2.24) is 15.5 Å². The number of carbonyl (C=O) groups is 1. The molecular formula is C13H25N3O. The molecular weight excluding hydrogens is 214 g/mol. The molecule has 0 saturated carbocycles. The van der Waals surface area contributed by atoms with Crippen molar-refractivity contribution in [3.63, 3.8) is 0 Å². The van der Waals surface area contributed by atoms with E-state index in [1.165, 1.54) is 25.8 Å². The minimum absolute atomic E-state index is 0.285. The fraction of sp³-hybridized carbons (Fsp3) is 0.923. The van der Waals surface area contributed by atoms with Crippen LogP contribution in [0.5, 0.6) is 0 Å². The third-order valence-electron chi connectivity index (χ3n) is 3.95. The van der Waals surface area contributed by atoms with Gasteiger partial charge in [-0.25, -0.2) is 0 Å². The summed E-state index contributed by atoms with van der Waals surface area (Å²) in [7, 11) is 1.90. The van der Waals surface area contributed by atoms with Crippen LogP contribution in [0.25, 0.3) is 0 Å². The SMILES string of the molecule is CC(CC1CCCN1)NC1CCC(=O)N(C)C1. The quantitative estimate of drug-likeness (QED) is 0.760. The highest BCUT2D eigenvalue weighted by molar-refractivity contribution is 5.76. The van der Waals surface area contributed by atoms with E-state index in [-0.39, 0.29) is 5.91 Å². The Bertz CT molecular complexity index is 263. The zero-order chi connectivity index (χ0) is 12.3. The molecule has 1 amide bonds. The summed E-state index contributed by atoms with van der Waals surface area (Å²) in [6.07, 6.45) is 5.52. The first-order chi connectivity index (χ1) is 8.15. The molecule has 0 aromatic heterocycles. The highest BCUT2D eigenvalue weighted by atomic mass is 16.2. The van der Waals surface area contributed by atoms with E-state index in [0.29, 0.717) is 24.5 Å². The number of likely N-dealkylation sites (tertiary alicyclic amines) is 1. The summed E-state index contributed by atoms with van der Waals surface area (Å²) in [6.45, 7) is 4.30. The molecule has 2 aliphatic rings. The van der Waals surface area contributed by atoms with Gasteiger partial charge < -0.3 is 15.5 Å². The van der Waals surface area contributed by atoms with E-state index < -0.39 is 0 Å². The predicted octanol–water partition coefficient (Wildman–Crippen LogP) is 0.727. The average Bonchev–Trinajstić information content (AvgIpc) is 2.76. The lowest BCUT2D eigenvalue weighted by molar-refractivity contribution is -0.132. The summed E-state index contributed by atoms with van der Waals surface area (Å²) in [5.74, 6) is 0.285. The first-order valence-electron chi connectivity index (χ1n) is 6.88. The molecule has 4 heteroatoms. The van der Waals surface area contributed by atoms with Gasteiger partial charge in [-0.3, -0.25) is 4.79 Å². The Morgan fingerprint density at radius 2 is 2.35 bits per heavy atom.